The number of carboxylic acids is 1. The third kappa shape index (κ3) is 5.15. The lowest BCUT2D eigenvalue weighted by atomic mass is 10.0. The van der Waals surface area contributed by atoms with Crippen LogP contribution in [0.4, 0.5) is 5.69 Å². The van der Waals surface area contributed by atoms with Crippen LogP contribution in [0.1, 0.15) is 11.1 Å². The van der Waals surface area contributed by atoms with Gasteiger partial charge < -0.3 is 20.3 Å². The quantitative estimate of drug-likeness (QED) is 0.260. The molecule has 3 aromatic carbocycles. The van der Waals surface area contributed by atoms with Gasteiger partial charge in [-0.15, -0.1) is 0 Å². The monoisotopic (exact) mass is 429 g/mol. The lowest BCUT2D eigenvalue weighted by Crippen LogP contribution is -2.60. The van der Waals surface area contributed by atoms with Gasteiger partial charge in [0.1, 0.15) is 6.54 Å². The zero-order valence-corrected chi connectivity index (χ0v) is 18.1. The van der Waals surface area contributed by atoms with E-state index in [0.717, 1.165) is 49.4 Å². The molecular formula is C26H29N4O2+. The number of quaternary nitrogens is 1. The summed E-state index contributed by atoms with van der Waals surface area (Å²) < 4.78 is 0.590. The second kappa shape index (κ2) is 9.66. The van der Waals surface area contributed by atoms with Gasteiger partial charge in [0.2, 0.25) is 0 Å². The minimum absolute atomic E-state index is 0.159. The van der Waals surface area contributed by atoms with Crippen LogP contribution >= 0.6 is 0 Å². The van der Waals surface area contributed by atoms with Crippen LogP contribution in [0.15, 0.2) is 84.0 Å². The highest BCUT2D eigenvalue weighted by Crippen LogP contribution is 2.26. The Bertz CT molecular complexity index is 1060. The van der Waals surface area contributed by atoms with Gasteiger partial charge >= 0.3 is 5.97 Å². The number of carbonyl (C=O) groups is 1. The van der Waals surface area contributed by atoms with Crippen molar-refractivity contribution in [3.8, 4) is 11.1 Å². The number of rotatable bonds is 7. The molecule has 0 atom stereocenters. The van der Waals surface area contributed by atoms with E-state index in [1.54, 1.807) is 6.21 Å². The smallest absolute Gasteiger partial charge is 0.359 e. The van der Waals surface area contributed by atoms with Gasteiger partial charge in [-0.3, -0.25) is 0 Å². The molecule has 0 aromatic heterocycles. The van der Waals surface area contributed by atoms with Crippen molar-refractivity contribution in [3.63, 3.8) is 0 Å². The van der Waals surface area contributed by atoms with Crippen molar-refractivity contribution < 1.29 is 14.4 Å². The average Bonchev–Trinajstić information content (AvgIpc) is 2.81. The number of hydrogen-bond acceptors (Lipinski definition) is 4. The fourth-order valence-electron chi connectivity index (χ4n) is 4.49. The van der Waals surface area contributed by atoms with E-state index in [0.29, 0.717) is 4.48 Å². The number of benzene rings is 3. The van der Waals surface area contributed by atoms with E-state index in [2.05, 4.69) is 58.5 Å². The summed E-state index contributed by atoms with van der Waals surface area (Å²) in [7, 11) is 0. The van der Waals surface area contributed by atoms with E-state index in [1.807, 2.05) is 30.3 Å². The van der Waals surface area contributed by atoms with Crippen LogP contribution in [-0.2, 0) is 11.3 Å². The second-order valence-corrected chi connectivity index (χ2v) is 8.42. The molecule has 0 radical (unpaired) electrons. The molecule has 164 valence electrons. The first-order chi connectivity index (χ1) is 15.6. The normalized spacial score (nSPS) is 15.7. The first kappa shape index (κ1) is 21.6. The molecule has 3 aromatic rings. The molecule has 3 N–H and O–H groups in total. The van der Waals surface area contributed by atoms with E-state index in [4.69, 9.17) is 5.84 Å². The first-order valence-corrected chi connectivity index (χ1v) is 10.9. The van der Waals surface area contributed by atoms with Crippen molar-refractivity contribution in [1.29, 1.82) is 0 Å². The summed E-state index contributed by atoms with van der Waals surface area (Å²) in [6.07, 6.45) is 1.63. The molecule has 0 unspecified atom stereocenters. The van der Waals surface area contributed by atoms with Crippen LogP contribution in [-0.4, -0.2) is 54.5 Å². The number of nitrogens with zero attached hydrogens (tertiary/aromatic N) is 3. The molecule has 4 rings (SSSR count). The van der Waals surface area contributed by atoms with Crippen molar-refractivity contribution in [2.24, 2.45) is 10.9 Å². The molecule has 6 heteroatoms. The number of aliphatic carboxylic acids is 1. The molecule has 1 saturated heterocycles. The van der Waals surface area contributed by atoms with E-state index < -0.39 is 5.97 Å². The van der Waals surface area contributed by atoms with Gasteiger partial charge in [-0.2, -0.15) is 5.10 Å². The molecule has 32 heavy (non-hydrogen) atoms. The van der Waals surface area contributed by atoms with Gasteiger partial charge in [-0.25, -0.2) is 4.79 Å². The number of nitrogens with two attached hydrogens (primary N) is 1. The number of piperazine rings is 1. The molecule has 0 bridgehead atoms. The number of anilines is 1. The van der Waals surface area contributed by atoms with Crippen molar-refractivity contribution in [2.45, 2.75) is 6.54 Å². The molecule has 0 amide bonds. The van der Waals surface area contributed by atoms with E-state index in [9.17, 15) is 9.90 Å². The molecule has 1 aliphatic heterocycles. The highest BCUT2D eigenvalue weighted by molar-refractivity contribution is 5.80. The molecule has 0 aliphatic carbocycles. The lowest BCUT2D eigenvalue weighted by Gasteiger charge is -2.44. The van der Waals surface area contributed by atoms with Gasteiger partial charge in [0.15, 0.2) is 6.54 Å². The Morgan fingerprint density at radius 2 is 1.53 bits per heavy atom. The zero-order chi connectivity index (χ0) is 22.4. The minimum atomic E-state index is -0.734. The molecule has 1 heterocycles. The Morgan fingerprint density at radius 3 is 2.09 bits per heavy atom. The summed E-state index contributed by atoms with van der Waals surface area (Å²) in [5.74, 6) is 4.48. The maximum Gasteiger partial charge on any atom is 0.359 e. The summed E-state index contributed by atoms with van der Waals surface area (Å²) >= 11 is 0. The van der Waals surface area contributed by atoms with Crippen LogP contribution in [0.25, 0.3) is 11.1 Å². The predicted molar refractivity (Wildman–Crippen MR) is 129 cm³/mol. The van der Waals surface area contributed by atoms with Gasteiger partial charge in [0, 0.05) is 11.3 Å². The number of hydrogen-bond donors (Lipinski definition) is 2. The minimum Gasteiger partial charge on any atom is -0.477 e. The summed E-state index contributed by atoms with van der Waals surface area (Å²) in [6, 6.07) is 26.9. The molecule has 0 saturated carbocycles. The van der Waals surface area contributed by atoms with Gasteiger partial charge in [0.25, 0.3) is 0 Å². The van der Waals surface area contributed by atoms with Gasteiger partial charge in [-0.05, 0) is 28.8 Å². The number of carboxylic acid groups (broad SMARTS) is 1. The third-order valence-electron chi connectivity index (χ3n) is 6.22. The Hall–Kier alpha value is -3.64. The zero-order valence-electron chi connectivity index (χ0n) is 18.1. The van der Waals surface area contributed by atoms with E-state index >= 15 is 0 Å². The predicted octanol–water partition coefficient (Wildman–Crippen LogP) is 3.57. The van der Waals surface area contributed by atoms with E-state index in [1.165, 1.54) is 11.3 Å². The van der Waals surface area contributed by atoms with E-state index in [-0.39, 0.29) is 6.54 Å². The SMILES string of the molecule is NN=Cc1ccc(-c2ccc(N3CC[N+](CC(=O)O)(Cc4ccccc4)CC3)cc2)cc1. The molecule has 1 aliphatic rings. The van der Waals surface area contributed by atoms with Crippen LogP contribution in [0, 0.1) is 0 Å². The third-order valence-corrected chi connectivity index (χ3v) is 6.22. The van der Waals surface area contributed by atoms with Crippen molar-refractivity contribution in [1.82, 2.24) is 0 Å². The summed E-state index contributed by atoms with van der Waals surface area (Å²) in [4.78, 5) is 14.0. The van der Waals surface area contributed by atoms with Crippen LogP contribution in [0.5, 0.6) is 0 Å². The van der Waals surface area contributed by atoms with Crippen LogP contribution in [0.3, 0.4) is 0 Å². The Morgan fingerprint density at radius 1 is 0.938 bits per heavy atom. The van der Waals surface area contributed by atoms with Crippen LogP contribution < -0.4 is 10.7 Å². The largest absolute Gasteiger partial charge is 0.477 e. The van der Waals surface area contributed by atoms with Crippen molar-refractivity contribution >= 4 is 17.9 Å². The summed E-state index contributed by atoms with van der Waals surface area (Å²) in [5.41, 5.74) is 5.63. The van der Waals surface area contributed by atoms with Crippen molar-refractivity contribution in [2.75, 3.05) is 37.6 Å². The maximum absolute atomic E-state index is 11.6. The highest BCUT2D eigenvalue weighted by Gasteiger charge is 2.35. The highest BCUT2D eigenvalue weighted by atomic mass is 16.4. The van der Waals surface area contributed by atoms with Gasteiger partial charge in [0.05, 0.1) is 32.4 Å². The molecule has 0 spiro atoms. The fourth-order valence-corrected chi connectivity index (χ4v) is 4.49. The molecular weight excluding hydrogens is 400 g/mol. The van der Waals surface area contributed by atoms with Gasteiger partial charge in [-0.1, -0.05) is 66.7 Å². The Balaban J connectivity index is 1.44. The standard InChI is InChI=1S/C26H28N4O2/c27-28-18-21-6-8-23(9-7-21)24-10-12-25(13-11-24)29-14-16-30(17-15-29,20-26(31)32)19-22-4-2-1-3-5-22/h1-13,18H,14-17,19-20,27H2/p+1. The summed E-state index contributed by atoms with van der Waals surface area (Å²) in [5, 5.41) is 13.1. The topological polar surface area (TPSA) is 78.9 Å². The first-order valence-electron chi connectivity index (χ1n) is 10.9. The number of hydrazone groups is 1. The average molecular weight is 430 g/mol. The van der Waals surface area contributed by atoms with Crippen LogP contribution in [0.2, 0.25) is 0 Å². The fraction of sp³-hybridized carbons (Fsp3) is 0.231. The summed E-state index contributed by atoms with van der Waals surface area (Å²) in [6.45, 7) is 4.22. The lowest BCUT2D eigenvalue weighted by molar-refractivity contribution is -0.934. The Kier molecular flexibility index (Phi) is 6.52. The molecule has 1 fully saturated rings. The second-order valence-electron chi connectivity index (χ2n) is 8.42. The molecule has 6 nitrogen and oxygen atoms in total. The van der Waals surface area contributed by atoms with Crippen molar-refractivity contribution in [3.05, 3.63) is 90.0 Å². The Labute approximate surface area is 188 Å². The maximum atomic E-state index is 11.6.